The Morgan fingerprint density at radius 3 is 2.29 bits per heavy atom. The Morgan fingerprint density at radius 1 is 1.19 bits per heavy atom. The minimum absolute atomic E-state index is 0.146. The Kier molecular flexibility index (Phi) is 5.32. The van der Waals surface area contributed by atoms with Gasteiger partial charge in [0.05, 0.1) is 4.90 Å². The van der Waals surface area contributed by atoms with Crippen molar-refractivity contribution in [2.45, 2.75) is 11.8 Å². The summed E-state index contributed by atoms with van der Waals surface area (Å²) in [5.74, 6) is -0.0280. The van der Waals surface area contributed by atoms with Crippen molar-refractivity contribution >= 4 is 10.0 Å². The monoisotopic (exact) mass is 315 g/mol. The van der Waals surface area contributed by atoms with Crippen LogP contribution in [0.1, 0.15) is 6.92 Å². The van der Waals surface area contributed by atoms with Gasteiger partial charge in [0.25, 0.3) is 0 Å². The van der Waals surface area contributed by atoms with Crippen LogP contribution in [0, 0.1) is 11.7 Å². The number of halogens is 1. The minimum Gasteiger partial charge on any atom is -0.330 e. The topological polar surface area (TPSA) is 66.6 Å². The van der Waals surface area contributed by atoms with Gasteiger partial charge in [0.1, 0.15) is 5.82 Å². The van der Waals surface area contributed by atoms with Crippen molar-refractivity contribution in [3.63, 3.8) is 0 Å². The second kappa shape index (κ2) is 6.83. The molecule has 0 amide bonds. The van der Waals surface area contributed by atoms with Gasteiger partial charge in [-0.25, -0.2) is 12.8 Å². The lowest BCUT2D eigenvalue weighted by Crippen LogP contribution is -2.49. The zero-order valence-corrected chi connectivity index (χ0v) is 13.0. The lowest BCUT2D eigenvalue weighted by atomic mass is 10.1. The van der Waals surface area contributed by atoms with Gasteiger partial charge in [-0.2, -0.15) is 4.31 Å². The van der Waals surface area contributed by atoms with Gasteiger partial charge in [0, 0.05) is 32.7 Å². The molecule has 118 valence electrons. The van der Waals surface area contributed by atoms with Crippen molar-refractivity contribution in [2.24, 2.45) is 11.7 Å². The van der Waals surface area contributed by atoms with E-state index >= 15 is 0 Å². The van der Waals surface area contributed by atoms with Crippen molar-refractivity contribution in [1.82, 2.24) is 9.21 Å². The average Bonchev–Trinajstić information content (AvgIpc) is 2.48. The van der Waals surface area contributed by atoms with Gasteiger partial charge in [-0.3, -0.25) is 0 Å². The number of hydrogen-bond acceptors (Lipinski definition) is 4. The fourth-order valence-electron chi connectivity index (χ4n) is 2.42. The molecule has 2 N–H and O–H groups in total. The first-order chi connectivity index (χ1) is 9.93. The molecule has 1 aliphatic rings. The predicted octanol–water partition coefficient (Wildman–Crippen LogP) is 0.727. The Morgan fingerprint density at radius 2 is 1.76 bits per heavy atom. The number of piperazine rings is 1. The normalized spacial score (nSPS) is 19.6. The molecule has 0 radical (unpaired) electrons. The molecular weight excluding hydrogens is 293 g/mol. The van der Waals surface area contributed by atoms with Gasteiger partial charge in [-0.1, -0.05) is 6.92 Å². The largest absolute Gasteiger partial charge is 0.330 e. The molecule has 1 fully saturated rings. The maximum Gasteiger partial charge on any atom is 0.243 e. The van der Waals surface area contributed by atoms with E-state index in [4.69, 9.17) is 5.73 Å². The van der Waals surface area contributed by atoms with Crippen LogP contribution in [0.25, 0.3) is 0 Å². The van der Waals surface area contributed by atoms with Gasteiger partial charge in [0.2, 0.25) is 10.0 Å². The van der Waals surface area contributed by atoms with Crippen molar-refractivity contribution in [1.29, 1.82) is 0 Å². The molecule has 1 aliphatic heterocycles. The molecule has 21 heavy (non-hydrogen) atoms. The number of rotatable bonds is 5. The van der Waals surface area contributed by atoms with Crippen LogP contribution in [0.5, 0.6) is 0 Å². The zero-order chi connectivity index (χ0) is 15.5. The Bertz CT molecular complexity index is 554. The summed E-state index contributed by atoms with van der Waals surface area (Å²) in [4.78, 5) is 2.38. The van der Waals surface area contributed by atoms with E-state index in [-0.39, 0.29) is 4.90 Å². The molecule has 7 heteroatoms. The quantitative estimate of drug-likeness (QED) is 0.870. The highest BCUT2D eigenvalue weighted by atomic mass is 32.2. The first-order valence-electron chi connectivity index (χ1n) is 7.11. The van der Waals surface area contributed by atoms with E-state index in [0.29, 0.717) is 38.6 Å². The molecule has 5 nitrogen and oxygen atoms in total. The molecular formula is C14H22FN3O2S. The summed E-state index contributed by atoms with van der Waals surface area (Å²) in [6, 6.07) is 4.97. The van der Waals surface area contributed by atoms with E-state index in [9.17, 15) is 12.8 Å². The number of hydrogen-bond donors (Lipinski definition) is 1. The molecule has 0 aromatic heterocycles. The summed E-state index contributed by atoms with van der Waals surface area (Å²) < 4.78 is 39.3. The molecule has 0 saturated carbocycles. The summed E-state index contributed by atoms with van der Waals surface area (Å²) in [5, 5.41) is 0. The summed E-state index contributed by atoms with van der Waals surface area (Å²) >= 11 is 0. The van der Waals surface area contributed by atoms with Gasteiger partial charge in [-0.15, -0.1) is 0 Å². The molecule has 1 heterocycles. The second-order valence-electron chi connectivity index (χ2n) is 5.50. The highest BCUT2D eigenvalue weighted by Gasteiger charge is 2.28. The molecule has 1 aromatic carbocycles. The summed E-state index contributed by atoms with van der Waals surface area (Å²) in [6.07, 6.45) is 0. The summed E-state index contributed by atoms with van der Waals surface area (Å²) in [6.45, 7) is 5.92. The number of nitrogens with zero attached hydrogens (tertiary/aromatic N) is 2. The van der Waals surface area contributed by atoms with Crippen LogP contribution in [0.15, 0.2) is 29.2 Å². The van der Waals surface area contributed by atoms with Crippen molar-refractivity contribution in [2.75, 3.05) is 39.3 Å². The van der Waals surface area contributed by atoms with Crippen molar-refractivity contribution in [3.8, 4) is 0 Å². The van der Waals surface area contributed by atoms with Crippen LogP contribution in [-0.4, -0.2) is 56.9 Å². The maximum atomic E-state index is 12.9. The number of sulfonamides is 1. The van der Waals surface area contributed by atoms with Gasteiger partial charge < -0.3 is 10.6 Å². The van der Waals surface area contributed by atoms with Gasteiger partial charge >= 0.3 is 0 Å². The third-order valence-electron chi connectivity index (χ3n) is 3.75. The molecule has 0 spiro atoms. The van der Waals surface area contributed by atoms with E-state index in [0.717, 1.165) is 6.54 Å². The van der Waals surface area contributed by atoms with Gasteiger partial charge in [-0.05, 0) is 36.7 Å². The summed E-state index contributed by atoms with van der Waals surface area (Å²) in [5.41, 5.74) is 5.61. The van der Waals surface area contributed by atoms with Gasteiger partial charge in [0.15, 0.2) is 0 Å². The van der Waals surface area contributed by atoms with Crippen LogP contribution in [0.3, 0.4) is 0 Å². The van der Waals surface area contributed by atoms with E-state index in [2.05, 4.69) is 11.8 Å². The van der Waals surface area contributed by atoms with E-state index < -0.39 is 15.8 Å². The maximum absolute atomic E-state index is 12.9. The molecule has 0 aliphatic carbocycles. The van der Waals surface area contributed by atoms with Crippen LogP contribution < -0.4 is 5.73 Å². The van der Waals surface area contributed by atoms with E-state index in [1.54, 1.807) is 0 Å². The van der Waals surface area contributed by atoms with Crippen molar-refractivity contribution < 1.29 is 12.8 Å². The Balaban J connectivity index is 1.99. The first-order valence-corrected chi connectivity index (χ1v) is 8.55. The number of nitrogens with two attached hydrogens (primary N) is 1. The number of benzene rings is 1. The highest BCUT2D eigenvalue weighted by Crippen LogP contribution is 2.18. The van der Waals surface area contributed by atoms with Crippen LogP contribution >= 0.6 is 0 Å². The second-order valence-corrected chi connectivity index (χ2v) is 7.44. The predicted molar refractivity (Wildman–Crippen MR) is 79.8 cm³/mol. The fraction of sp³-hybridized carbons (Fsp3) is 0.571. The smallest absolute Gasteiger partial charge is 0.243 e. The van der Waals surface area contributed by atoms with Crippen molar-refractivity contribution in [3.05, 3.63) is 30.1 Å². The zero-order valence-electron chi connectivity index (χ0n) is 12.2. The van der Waals surface area contributed by atoms with Crippen LogP contribution in [0.2, 0.25) is 0 Å². The van der Waals surface area contributed by atoms with Crippen LogP contribution in [-0.2, 0) is 10.0 Å². The highest BCUT2D eigenvalue weighted by molar-refractivity contribution is 7.89. The summed E-state index contributed by atoms with van der Waals surface area (Å²) in [7, 11) is -3.52. The molecule has 0 bridgehead atoms. The molecule has 1 saturated heterocycles. The van der Waals surface area contributed by atoms with E-state index in [1.165, 1.54) is 28.6 Å². The Labute approximate surface area is 125 Å². The fourth-order valence-corrected chi connectivity index (χ4v) is 3.85. The molecule has 1 aromatic rings. The average molecular weight is 315 g/mol. The van der Waals surface area contributed by atoms with E-state index in [1.807, 2.05) is 0 Å². The standard InChI is InChI=1S/C14H22FN3O2S/c1-12(10-16)11-17-6-8-18(9-7-17)21(19,20)14-4-2-13(15)3-5-14/h2-5,12H,6-11,16H2,1H3. The molecule has 1 atom stereocenters. The lowest BCUT2D eigenvalue weighted by molar-refractivity contribution is 0.170. The Hall–Kier alpha value is -1.02. The first kappa shape index (κ1) is 16.4. The lowest BCUT2D eigenvalue weighted by Gasteiger charge is -2.35. The third-order valence-corrected chi connectivity index (χ3v) is 5.67. The SMILES string of the molecule is CC(CN)CN1CCN(S(=O)(=O)c2ccc(F)cc2)CC1. The molecule has 2 rings (SSSR count). The van der Waals surface area contributed by atoms with Crippen LogP contribution in [0.4, 0.5) is 4.39 Å². The minimum atomic E-state index is -3.52. The molecule has 1 unspecified atom stereocenters. The third kappa shape index (κ3) is 4.00.